The summed E-state index contributed by atoms with van der Waals surface area (Å²) < 4.78 is 465. The minimum Gasteiger partial charge on any atom is -0.135 e. The molecule has 2 heteroatoms. The van der Waals surface area contributed by atoms with Crippen LogP contribution in [-0.2, 0) is 0 Å². The minimum absolute atomic E-state index is 0.0544. The lowest BCUT2D eigenvalue weighted by Crippen LogP contribution is -1.91. The van der Waals surface area contributed by atoms with E-state index in [1.807, 2.05) is 0 Å². The first-order valence-corrected chi connectivity index (χ1v) is 26.9. The topological polar surface area (TPSA) is 0 Å². The van der Waals surface area contributed by atoms with Crippen molar-refractivity contribution in [2.45, 2.75) is 0 Å². The van der Waals surface area contributed by atoms with Gasteiger partial charge in [-0.15, -0.1) is 22.7 Å². The molecule has 0 atom stereocenters. The summed E-state index contributed by atoms with van der Waals surface area (Å²) in [6.45, 7) is 0. The molecule has 0 aliphatic carbocycles. The standard InChI is InChI=1S/2C42H26S/c1-2-16-30-27(12-1)13-10-22-31(30)28-14-9-15-29(26-28)40-32-17-3-5-19-34(32)41(35-20-6-4-18-33(35)40)37-23-11-25-39-42(37)36-21-7-8-24-38(36)43-39;1-2-12-31-28(10-1)11-9-18-33(31)42-36-16-5-3-14-34(36)41(35-15-4-6-17-37(35)42)29-22-20-27(21-23-29)30-24-25-40-38(26-30)32-13-7-8-19-39(32)43-40/h2*1-26H/i2*1D,2D,3D,4D,5D,6D,7D,8D,9D,10D,11D,12D,13D,14D,15D,16D,17D,18D,19D,20D,21D,22D,23D,24D,25D,26D. The maximum absolute atomic E-state index is 9.83. The molecule has 0 bridgehead atoms. The van der Waals surface area contributed by atoms with Gasteiger partial charge in [-0.3, -0.25) is 0 Å². The molecule has 400 valence electrons. The molecule has 2 heterocycles. The fourth-order valence-corrected chi connectivity index (χ4v) is 12.3. The lowest BCUT2D eigenvalue weighted by Gasteiger charge is -2.19. The van der Waals surface area contributed by atoms with Crippen LogP contribution in [0, 0.1) is 0 Å². The fraction of sp³-hybridized carbons (Fsp3) is 0. The molecule has 0 amide bonds. The van der Waals surface area contributed by atoms with E-state index in [-0.39, 0.29) is 40.3 Å². The van der Waals surface area contributed by atoms with Crippen molar-refractivity contribution >= 4 is 128 Å². The predicted molar refractivity (Wildman–Crippen MR) is 376 cm³/mol. The molecule has 0 saturated carbocycles. The zero-order valence-corrected chi connectivity index (χ0v) is 44.4. The summed E-state index contributed by atoms with van der Waals surface area (Å²) in [5.41, 5.74) is -8.60. The Morgan fingerprint density at radius 3 is 1.15 bits per heavy atom. The molecule has 0 saturated heterocycles. The number of hydrogen-bond acceptors (Lipinski definition) is 2. The molecular formula is C84H52S2. The van der Waals surface area contributed by atoms with Crippen molar-refractivity contribution in [2.75, 3.05) is 0 Å². The summed E-state index contributed by atoms with van der Waals surface area (Å²) >= 11 is 1.37. The van der Waals surface area contributed by atoms with Crippen LogP contribution in [0.15, 0.2) is 314 Å². The van der Waals surface area contributed by atoms with E-state index in [4.69, 9.17) is 48.0 Å². The van der Waals surface area contributed by atoms with E-state index in [9.17, 15) is 23.3 Å². The minimum atomic E-state index is -1.06. The van der Waals surface area contributed by atoms with Gasteiger partial charge in [0, 0.05) is 40.3 Å². The molecule has 0 fully saturated rings. The van der Waals surface area contributed by atoms with E-state index in [2.05, 4.69) is 0 Å². The molecule has 0 radical (unpaired) electrons. The second-order valence-electron chi connectivity index (χ2n) is 18.5. The lowest BCUT2D eigenvalue weighted by molar-refractivity contribution is 1.63. The highest BCUT2D eigenvalue weighted by Crippen LogP contribution is 2.50. The van der Waals surface area contributed by atoms with Crippen LogP contribution in [0.4, 0.5) is 0 Å². The summed E-state index contributed by atoms with van der Waals surface area (Å²) in [6.07, 6.45) is 0. The number of fused-ring (bicyclic) bond motifs is 12. The van der Waals surface area contributed by atoms with Crippen molar-refractivity contribution in [1.82, 2.24) is 0 Å². The molecule has 0 N–H and O–H groups in total. The van der Waals surface area contributed by atoms with Gasteiger partial charge in [0.1, 0.15) is 0 Å². The maximum Gasteiger partial charge on any atom is 0.0638 e. The Labute approximate surface area is 579 Å². The Morgan fingerprint density at radius 1 is 0.186 bits per heavy atom. The molecule has 0 nitrogen and oxygen atoms in total. The molecule has 18 rings (SSSR count). The maximum atomic E-state index is 9.83. The Balaban J connectivity index is 0.000000191. The fourth-order valence-electron chi connectivity index (χ4n) is 10.4. The first kappa shape index (κ1) is 20.4. The van der Waals surface area contributed by atoms with E-state index >= 15 is 0 Å². The van der Waals surface area contributed by atoms with Gasteiger partial charge in [0.05, 0.1) is 71.3 Å². The summed E-state index contributed by atoms with van der Waals surface area (Å²) in [4.78, 5) is 0. The summed E-state index contributed by atoms with van der Waals surface area (Å²) in [6, 6.07) is -45.4. The van der Waals surface area contributed by atoms with Crippen molar-refractivity contribution in [1.29, 1.82) is 0 Å². The van der Waals surface area contributed by atoms with Gasteiger partial charge in [0.25, 0.3) is 0 Å². The van der Waals surface area contributed by atoms with E-state index in [0.717, 1.165) is 0 Å². The monoisotopic (exact) mass is 1180 g/mol. The van der Waals surface area contributed by atoms with Crippen LogP contribution < -0.4 is 0 Å². The molecule has 0 spiro atoms. The van der Waals surface area contributed by atoms with Crippen LogP contribution in [0.2, 0.25) is 0 Å². The third kappa shape index (κ3) is 8.25. The normalized spacial score (nSPS) is 20.2. The zero-order valence-electron chi connectivity index (χ0n) is 94.8. The van der Waals surface area contributed by atoms with Crippen molar-refractivity contribution in [3.05, 3.63) is 314 Å². The van der Waals surface area contributed by atoms with Crippen molar-refractivity contribution in [3.63, 3.8) is 0 Å². The Bertz CT molecular complexity index is 8750. The van der Waals surface area contributed by atoms with Crippen LogP contribution in [0.3, 0.4) is 0 Å². The first-order valence-electron chi connectivity index (χ1n) is 51.3. The largest absolute Gasteiger partial charge is 0.135 e. The van der Waals surface area contributed by atoms with Crippen LogP contribution in [0.1, 0.15) is 71.3 Å². The van der Waals surface area contributed by atoms with Gasteiger partial charge >= 0.3 is 0 Å². The molecule has 0 aliphatic heterocycles. The van der Waals surface area contributed by atoms with E-state index in [1.54, 1.807) is 0 Å². The highest BCUT2D eigenvalue weighted by molar-refractivity contribution is 7.26. The van der Waals surface area contributed by atoms with Gasteiger partial charge in [0.2, 0.25) is 0 Å². The smallest absolute Gasteiger partial charge is 0.0638 e. The molecule has 16 aromatic carbocycles. The van der Waals surface area contributed by atoms with Gasteiger partial charge in [-0.2, -0.15) is 0 Å². The average molecular weight is 1180 g/mol. The summed E-state index contributed by atoms with van der Waals surface area (Å²) in [5, 5.41) is -9.06. The van der Waals surface area contributed by atoms with Gasteiger partial charge in [0.15, 0.2) is 0 Å². The molecular weight excluding hydrogens is 1070 g/mol. The predicted octanol–water partition coefficient (Wildman–Crippen LogP) is 25.0. The first-order chi connectivity index (χ1) is 64.3. The molecule has 18 aromatic rings. The number of benzene rings is 16. The number of rotatable bonds is 6. The molecule has 0 unspecified atom stereocenters. The van der Waals surface area contributed by atoms with Crippen LogP contribution in [0.5, 0.6) is 0 Å². The zero-order chi connectivity index (χ0) is 102. The van der Waals surface area contributed by atoms with Crippen molar-refractivity contribution in [2.24, 2.45) is 0 Å². The third-order valence-electron chi connectivity index (χ3n) is 14.0. The molecule has 2 aromatic heterocycles. The molecule has 86 heavy (non-hydrogen) atoms. The van der Waals surface area contributed by atoms with Gasteiger partial charge < -0.3 is 0 Å². The molecule has 0 aliphatic rings. The van der Waals surface area contributed by atoms with Gasteiger partial charge in [-0.1, -0.05) is 278 Å². The number of thiophene rings is 2. The second-order valence-corrected chi connectivity index (χ2v) is 20.6. The van der Waals surface area contributed by atoms with Gasteiger partial charge in [-0.05, 0) is 168 Å². The Hall–Kier alpha value is -10.5. The van der Waals surface area contributed by atoms with Crippen LogP contribution >= 0.6 is 22.7 Å². The number of hydrogen-bond donors (Lipinski definition) is 0. The highest BCUT2D eigenvalue weighted by atomic mass is 32.1. The Kier molecular flexibility index (Phi) is 4.90. The van der Waals surface area contributed by atoms with Crippen molar-refractivity contribution < 1.29 is 71.3 Å². The van der Waals surface area contributed by atoms with E-state index in [1.165, 1.54) is 0 Å². The average Bonchev–Trinajstić information content (AvgIpc) is 0.914. The quantitative estimate of drug-likeness (QED) is 0.146. The SMILES string of the molecule is [2H]c1c([2H])c(-c2c([2H])c([2H])c([2H])c3c([2H])c([2H])c([2H])c([2H])c23)c([2H])c(-c2c3c([2H])c([2H])c([2H])c([2H])c3c(-c3c([2H])c([2H])c([2H])c4sc5c([2H])c([2H])c([2H])c([2H])c5c34)c3c([2H])c([2H])c([2H])c([2H])c23)c1[2H].[2H]c1c([2H])c(-c2c3c([2H])c([2H])c([2H])c([2H])c3c(-c3c([2H])c([2H])c([2H])c4c([2H])c([2H])c([2H])c([2H])c34)c3c([2H])c([2H])c([2H])c([2H])c23)c([2H])c([2H])c1-c1c([2H])c([2H])c2sc3c([2H])c([2H])c([2H])c([2H])c3c2c1[2H]. The lowest BCUT2D eigenvalue weighted by atomic mass is 9.84. The summed E-state index contributed by atoms with van der Waals surface area (Å²) in [7, 11) is 0. The van der Waals surface area contributed by atoms with Gasteiger partial charge in [-0.25, -0.2) is 0 Å². The van der Waals surface area contributed by atoms with Crippen LogP contribution in [-0.4, -0.2) is 0 Å². The third-order valence-corrected chi connectivity index (χ3v) is 16.0. The van der Waals surface area contributed by atoms with Crippen molar-refractivity contribution in [3.8, 4) is 66.8 Å². The Morgan fingerprint density at radius 2 is 0.547 bits per heavy atom. The second kappa shape index (κ2) is 20.7. The van der Waals surface area contributed by atoms with E-state index < -0.39 is 446 Å². The van der Waals surface area contributed by atoms with E-state index in [0.29, 0.717) is 22.7 Å². The summed E-state index contributed by atoms with van der Waals surface area (Å²) in [5.74, 6) is 0. The highest BCUT2D eigenvalue weighted by Gasteiger charge is 2.22. The van der Waals surface area contributed by atoms with Crippen LogP contribution in [0.25, 0.3) is 172 Å².